The smallest absolute Gasteiger partial charge is 0.316 e. The normalized spacial score (nSPS) is 13.9. The van der Waals surface area contributed by atoms with E-state index in [0.29, 0.717) is 5.69 Å². The van der Waals surface area contributed by atoms with Crippen molar-refractivity contribution in [2.45, 2.75) is 26.0 Å². The molecule has 0 bridgehead atoms. The van der Waals surface area contributed by atoms with E-state index >= 15 is 0 Å². The quantitative estimate of drug-likeness (QED) is 0.722. The molecule has 18 heavy (non-hydrogen) atoms. The molecule has 100 valence electrons. The van der Waals surface area contributed by atoms with Crippen LogP contribution in [0.2, 0.25) is 0 Å². The van der Waals surface area contributed by atoms with Gasteiger partial charge in [-0.1, -0.05) is 12.1 Å². The number of primary amides is 1. The molecular formula is C13H21N3O2. The molecule has 0 aliphatic heterocycles. The molecule has 0 heterocycles. The summed E-state index contributed by atoms with van der Waals surface area (Å²) in [5, 5.41) is 5.90. The van der Waals surface area contributed by atoms with E-state index < -0.39 is 6.03 Å². The third kappa shape index (κ3) is 4.73. The minimum Gasteiger partial charge on any atom is -0.380 e. The fourth-order valence-corrected chi connectivity index (χ4v) is 1.54. The predicted molar refractivity (Wildman–Crippen MR) is 72.5 cm³/mol. The first kappa shape index (κ1) is 14.5. The van der Waals surface area contributed by atoms with Crippen molar-refractivity contribution in [3.63, 3.8) is 0 Å². The van der Waals surface area contributed by atoms with Crippen LogP contribution >= 0.6 is 0 Å². The molecule has 0 aliphatic rings. The van der Waals surface area contributed by atoms with Crippen molar-refractivity contribution < 1.29 is 9.53 Å². The molecule has 0 aromatic heterocycles. The lowest BCUT2D eigenvalue weighted by Gasteiger charge is -2.17. The van der Waals surface area contributed by atoms with Gasteiger partial charge in [0.2, 0.25) is 0 Å². The maximum Gasteiger partial charge on any atom is 0.316 e. The molecule has 2 amide bonds. The average molecular weight is 251 g/mol. The van der Waals surface area contributed by atoms with Crippen molar-refractivity contribution in [2.75, 3.05) is 19.0 Å². The highest BCUT2D eigenvalue weighted by Gasteiger charge is 2.07. The summed E-state index contributed by atoms with van der Waals surface area (Å²) in [5.74, 6) is 0. The van der Waals surface area contributed by atoms with Crippen molar-refractivity contribution in [1.29, 1.82) is 0 Å². The lowest BCUT2D eigenvalue weighted by atomic mass is 10.1. The van der Waals surface area contributed by atoms with Gasteiger partial charge in [-0.05, 0) is 31.5 Å². The number of rotatable bonds is 6. The molecular weight excluding hydrogens is 230 g/mol. The summed E-state index contributed by atoms with van der Waals surface area (Å²) in [5.41, 5.74) is 6.89. The Bertz CT molecular complexity index is 378. The molecule has 0 saturated heterocycles. The van der Waals surface area contributed by atoms with Crippen LogP contribution in [-0.2, 0) is 4.74 Å². The summed E-state index contributed by atoms with van der Waals surface area (Å²) in [6, 6.07) is 7.25. The van der Waals surface area contributed by atoms with Gasteiger partial charge in [-0.2, -0.15) is 0 Å². The van der Waals surface area contributed by atoms with Crippen LogP contribution in [0.15, 0.2) is 24.3 Å². The van der Waals surface area contributed by atoms with Crippen molar-refractivity contribution in [1.82, 2.24) is 5.32 Å². The molecule has 0 fully saturated rings. The number of nitrogens with one attached hydrogen (secondary N) is 2. The van der Waals surface area contributed by atoms with E-state index in [2.05, 4.69) is 17.6 Å². The Kier molecular flexibility index (Phi) is 5.61. The third-order valence-electron chi connectivity index (χ3n) is 2.79. The van der Waals surface area contributed by atoms with Crippen molar-refractivity contribution in [2.24, 2.45) is 5.73 Å². The number of ether oxygens (including phenoxy) is 1. The zero-order valence-corrected chi connectivity index (χ0v) is 11.1. The van der Waals surface area contributed by atoms with Crippen molar-refractivity contribution in [3.8, 4) is 0 Å². The van der Waals surface area contributed by atoms with E-state index in [1.807, 2.05) is 31.2 Å². The fourth-order valence-electron chi connectivity index (χ4n) is 1.54. The molecule has 4 N–H and O–H groups in total. The minimum absolute atomic E-state index is 0.184. The summed E-state index contributed by atoms with van der Waals surface area (Å²) < 4.78 is 5.18. The summed E-state index contributed by atoms with van der Waals surface area (Å²) in [4.78, 5) is 10.7. The van der Waals surface area contributed by atoms with E-state index in [1.165, 1.54) is 0 Å². The van der Waals surface area contributed by atoms with Gasteiger partial charge in [0, 0.05) is 25.4 Å². The molecule has 2 unspecified atom stereocenters. The Balaban J connectivity index is 2.53. The lowest BCUT2D eigenvalue weighted by Crippen LogP contribution is -2.28. The highest BCUT2D eigenvalue weighted by atomic mass is 16.5. The minimum atomic E-state index is -0.553. The van der Waals surface area contributed by atoms with Gasteiger partial charge >= 0.3 is 6.03 Å². The molecule has 5 nitrogen and oxygen atoms in total. The van der Waals surface area contributed by atoms with Crippen LogP contribution in [0.5, 0.6) is 0 Å². The van der Waals surface area contributed by atoms with E-state index in [1.54, 1.807) is 7.11 Å². The van der Waals surface area contributed by atoms with Crippen LogP contribution in [0.4, 0.5) is 10.5 Å². The monoisotopic (exact) mass is 251 g/mol. The van der Waals surface area contributed by atoms with Gasteiger partial charge in [-0.25, -0.2) is 4.79 Å². The number of benzene rings is 1. The van der Waals surface area contributed by atoms with Gasteiger partial charge < -0.3 is 21.1 Å². The highest BCUT2D eigenvalue weighted by molar-refractivity contribution is 5.87. The van der Waals surface area contributed by atoms with Crippen LogP contribution in [0.3, 0.4) is 0 Å². The number of hydrogen-bond donors (Lipinski definition) is 3. The standard InChI is InChI=1S/C13H21N3O2/c1-9(18-3)8-15-10(2)11-4-6-12(7-5-11)16-13(14)17/h4-7,9-10,15H,8H2,1-3H3,(H3,14,16,17). The molecule has 1 rings (SSSR count). The molecule has 0 aliphatic carbocycles. The van der Waals surface area contributed by atoms with Gasteiger partial charge in [0.1, 0.15) is 0 Å². The largest absolute Gasteiger partial charge is 0.380 e. The van der Waals surface area contributed by atoms with Gasteiger partial charge in [-0.3, -0.25) is 0 Å². The van der Waals surface area contributed by atoms with Gasteiger partial charge in [0.25, 0.3) is 0 Å². The second kappa shape index (κ2) is 6.98. The van der Waals surface area contributed by atoms with Crippen LogP contribution in [-0.4, -0.2) is 25.8 Å². The fraction of sp³-hybridized carbons (Fsp3) is 0.462. The van der Waals surface area contributed by atoms with Crippen LogP contribution in [0, 0.1) is 0 Å². The van der Waals surface area contributed by atoms with E-state index in [0.717, 1.165) is 12.1 Å². The average Bonchev–Trinajstić information content (AvgIpc) is 2.35. The van der Waals surface area contributed by atoms with E-state index in [-0.39, 0.29) is 12.1 Å². The molecule has 2 atom stereocenters. The van der Waals surface area contributed by atoms with E-state index in [4.69, 9.17) is 10.5 Å². The van der Waals surface area contributed by atoms with E-state index in [9.17, 15) is 4.79 Å². The second-order valence-electron chi connectivity index (χ2n) is 4.29. The summed E-state index contributed by atoms with van der Waals surface area (Å²) in [6.07, 6.45) is 0.184. The Labute approximate surface area is 108 Å². The number of nitrogens with two attached hydrogens (primary N) is 1. The van der Waals surface area contributed by atoms with Gasteiger partial charge in [-0.15, -0.1) is 0 Å². The van der Waals surface area contributed by atoms with Crippen molar-refractivity contribution >= 4 is 11.7 Å². The lowest BCUT2D eigenvalue weighted by molar-refractivity contribution is 0.115. The second-order valence-corrected chi connectivity index (χ2v) is 4.29. The Hall–Kier alpha value is -1.59. The molecule has 0 saturated carbocycles. The topological polar surface area (TPSA) is 76.4 Å². The number of carbonyl (C=O) groups is 1. The maximum absolute atomic E-state index is 10.7. The third-order valence-corrected chi connectivity index (χ3v) is 2.79. The number of carbonyl (C=O) groups excluding carboxylic acids is 1. The first-order valence-corrected chi connectivity index (χ1v) is 5.95. The zero-order valence-electron chi connectivity index (χ0n) is 11.1. The Morgan fingerprint density at radius 1 is 1.33 bits per heavy atom. The first-order chi connectivity index (χ1) is 8.52. The SMILES string of the molecule is COC(C)CNC(C)c1ccc(NC(N)=O)cc1. The number of hydrogen-bond acceptors (Lipinski definition) is 3. The zero-order chi connectivity index (χ0) is 13.5. The summed E-state index contributed by atoms with van der Waals surface area (Å²) in [7, 11) is 1.70. The molecule has 1 aromatic rings. The highest BCUT2D eigenvalue weighted by Crippen LogP contribution is 2.15. The van der Waals surface area contributed by atoms with Gasteiger partial charge in [0.15, 0.2) is 0 Å². The predicted octanol–water partition coefficient (Wildman–Crippen LogP) is 1.86. The van der Waals surface area contributed by atoms with Crippen LogP contribution < -0.4 is 16.4 Å². The van der Waals surface area contributed by atoms with Crippen LogP contribution in [0.25, 0.3) is 0 Å². The first-order valence-electron chi connectivity index (χ1n) is 5.95. The molecule has 5 heteroatoms. The number of amides is 2. The summed E-state index contributed by atoms with van der Waals surface area (Å²) in [6.45, 7) is 4.89. The Morgan fingerprint density at radius 2 is 1.94 bits per heavy atom. The van der Waals surface area contributed by atoms with Gasteiger partial charge in [0.05, 0.1) is 6.10 Å². The molecule has 0 radical (unpaired) electrons. The number of anilines is 1. The summed E-state index contributed by atoms with van der Waals surface area (Å²) >= 11 is 0. The van der Waals surface area contributed by atoms with Crippen LogP contribution in [0.1, 0.15) is 25.5 Å². The molecule has 0 spiro atoms. The Morgan fingerprint density at radius 3 is 2.44 bits per heavy atom. The van der Waals surface area contributed by atoms with Crippen molar-refractivity contribution in [3.05, 3.63) is 29.8 Å². The maximum atomic E-state index is 10.7. The molecule has 1 aromatic carbocycles. The number of urea groups is 1. The number of methoxy groups -OCH3 is 1.